The molecule has 4 heteroatoms. The molecule has 0 N–H and O–H groups in total. The van der Waals surface area contributed by atoms with E-state index in [0.29, 0.717) is 19.4 Å². The first-order valence-electron chi connectivity index (χ1n) is 7.50. The highest BCUT2D eigenvalue weighted by Gasteiger charge is 2.09. The molecule has 1 atom stereocenters. The maximum absolute atomic E-state index is 11.6. The molecule has 4 nitrogen and oxygen atoms in total. The fraction of sp³-hybridized carbons (Fsp3) is 0.647. The van der Waals surface area contributed by atoms with Gasteiger partial charge < -0.3 is 9.47 Å². The number of hydrogen-bond donors (Lipinski definition) is 0. The summed E-state index contributed by atoms with van der Waals surface area (Å²) < 4.78 is 10.1. The zero-order valence-corrected chi connectivity index (χ0v) is 13.5. The predicted octanol–water partition coefficient (Wildman–Crippen LogP) is 3.26. The van der Waals surface area contributed by atoms with Crippen molar-refractivity contribution in [2.24, 2.45) is 5.92 Å². The van der Waals surface area contributed by atoms with Gasteiger partial charge in [0.05, 0.1) is 6.61 Å². The van der Waals surface area contributed by atoms with E-state index >= 15 is 0 Å². The lowest BCUT2D eigenvalue weighted by atomic mass is 10.2. The molecule has 1 unspecified atom stereocenters. The van der Waals surface area contributed by atoms with E-state index in [1.54, 1.807) is 0 Å². The first kappa shape index (κ1) is 19.2. The Hall–Kier alpha value is -1.76. The number of ether oxygens (including phenoxy) is 2. The van der Waals surface area contributed by atoms with Crippen molar-refractivity contribution in [1.82, 2.24) is 0 Å². The van der Waals surface area contributed by atoms with Crippen molar-refractivity contribution in [1.29, 1.82) is 0 Å². The molecule has 0 aromatic rings. The van der Waals surface area contributed by atoms with Crippen molar-refractivity contribution in [3.63, 3.8) is 0 Å². The number of carbonyl (C=O) groups is 2. The third-order valence-electron chi connectivity index (χ3n) is 2.48. The Bertz CT molecular complexity index is 399. The smallest absolute Gasteiger partial charge is 0.331 e. The van der Waals surface area contributed by atoms with Crippen molar-refractivity contribution in [3.8, 4) is 11.8 Å². The van der Waals surface area contributed by atoms with Crippen LogP contribution in [0.1, 0.15) is 53.4 Å². The average Bonchev–Trinajstić information content (AvgIpc) is 2.46. The average molecular weight is 294 g/mol. The highest BCUT2D eigenvalue weighted by Crippen LogP contribution is 2.04. The molecule has 0 rings (SSSR count). The highest BCUT2D eigenvalue weighted by atomic mass is 16.5. The van der Waals surface area contributed by atoms with Gasteiger partial charge in [0.1, 0.15) is 6.10 Å². The fourth-order valence-corrected chi connectivity index (χ4v) is 1.31. The Morgan fingerprint density at radius 3 is 2.33 bits per heavy atom. The fourth-order valence-electron chi connectivity index (χ4n) is 1.31. The van der Waals surface area contributed by atoms with E-state index in [1.807, 2.05) is 20.8 Å². The minimum atomic E-state index is -0.541. The van der Waals surface area contributed by atoms with Crippen LogP contribution in [0.15, 0.2) is 12.2 Å². The van der Waals surface area contributed by atoms with Crippen LogP contribution in [-0.4, -0.2) is 24.6 Å². The second-order valence-corrected chi connectivity index (χ2v) is 5.13. The summed E-state index contributed by atoms with van der Waals surface area (Å²) in [5.41, 5.74) is 0. The van der Waals surface area contributed by atoms with Gasteiger partial charge in [0.2, 0.25) is 0 Å². The highest BCUT2D eigenvalue weighted by molar-refractivity contribution is 5.91. The van der Waals surface area contributed by atoms with Crippen LogP contribution in [0.3, 0.4) is 0 Å². The van der Waals surface area contributed by atoms with Crippen LogP contribution < -0.4 is 0 Å². The van der Waals surface area contributed by atoms with E-state index in [2.05, 4.69) is 18.8 Å². The Labute approximate surface area is 127 Å². The van der Waals surface area contributed by atoms with Gasteiger partial charge in [0, 0.05) is 25.0 Å². The molecule has 0 saturated carbocycles. The van der Waals surface area contributed by atoms with E-state index in [1.165, 1.54) is 0 Å². The lowest BCUT2D eigenvalue weighted by molar-refractivity contribution is -0.144. The molecular weight excluding hydrogens is 268 g/mol. The van der Waals surface area contributed by atoms with Gasteiger partial charge in [-0.25, -0.2) is 9.59 Å². The molecule has 0 amide bonds. The molecule has 0 aliphatic rings. The molecule has 118 valence electrons. The monoisotopic (exact) mass is 294 g/mol. The number of esters is 2. The molecule has 0 aromatic carbocycles. The summed E-state index contributed by atoms with van der Waals surface area (Å²) >= 11 is 0. The van der Waals surface area contributed by atoms with E-state index in [9.17, 15) is 9.59 Å². The number of hydrogen-bond acceptors (Lipinski definition) is 4. The Kier molecular flexibility index (Phi) is 11.0. The van der Waals surface area contributed by atoms with Crippen LogP contribution in [0.5, 0.6) is 0 Å². The van der Waals surface area contributed by atoms with Gasteiger partial charge >= 0.3 is 11.9 Å². The molecule has 0 radical (unpaired) electrons. The Balaban J connectivity index is 4.15. The minimum Gasteiger partial charge on any atom is -0.462 e. The molecule has 0 heterocycles. The zero-order chi connectivity index (χ0) is 16.1. The van der Waals surface area contributed by atoms with E-state index in [4.69, 9.17) is 9.47 Å². The number of unbranched alkanes of at least 4 members (excludes halogenated alkanes) is 1. The molecule has 0 saturated heterocycles. The Morgan fingerprint density at radius 2 is 1.76 bits per heavy atom. The summed E-state index contributed by atoms with van der Waals surface area (Å²) in [5.74, 6) is 5.21. The largest absolute Gasteiger partial charge is 0.462 e. The van der Waals surface area contributed by atoms with E-state index in [0.717, 1.165) is 25.0 Å². The molecule has 0 spiro atoms. The lowest BCUT2D eigenvalue weighted by Crippen LogP contribution is -2.15. The van der Waals surface area contributed by atoms with Crippen molar-refractivity contribution in [2.45, 2.75) is 59.5 Å². The maximum atomic E-state index is 11.6. The maximum Gasteiger partial charge on any atom is 0.331 e. The van der Waals surface area contributed by atoms with E-state index < -0.39 is 11.9 Å². The summed E-state index contributed by atoms with van der Waals surface area (Å²) in [6.45, 7) is 8.21. The van der Waals surface area contributed by atoms with Crippen LogP contribution in [0.2, 0.25) is 0 Å². The van der Waals surface area contributed by atoms with E-state index in [-0.39, 0.29) is 12.0 Å². The first-order chi connectivity index (χ1) is 9.99. The molecule has 0 bridgehead atoms. The van der Waals surface area contributed by atoms with Crippen LogP contribution >= 0.6 is 0 Å². The number of carbonyl (C=O) groups excluding carboxylic acids is 2. The van der Waals surface area contributed by atoms with Gasteiger partial charge in [-0.3, -0.25) is 0 Å². The summed E-state index contributed by atoms with van der Waals surface area (Å²) in [7, 11) is 0. The quantitative estimate of drug-likeness (QED) is 0.392. The second-order valence-electron chi connectivity index (χ2n) is 5.13. The van der Waals surface area contributed by atoms with Crippen molar-refractivity contribution in [3.05, 3.63) is 12.2 Å². The van der Waals surface area contributed by atoms with Gasteiger partial charge in [0.25, 0.3) is 0 Å². The van der Waals surface area contributed by atoms with Gasteiger partial charge in [-0.05, 0) is 18.8 Å². The van der Waals surface area contributed by atoms with Crippen molar-refractivity contribution < 1.29 is 19.1 Å². The second kappa shape index (κ2) is 12.0. The van der Waals surface area contributed by atoms with Crippen LogP contribution in [0.4, 0.5) is 0 Å². The SMILES string of the molecule is CCCC#CCC(CC)OC(=O)/C=C/C(=O)OCC(C)C. The summed E-state index contributed by atoms with van der Waals surface area (Å²) in [4.78, 5) is 22.9. The minimum absolute atomic E-state index is 0.238. The predicted molar refractivity (Wildman–Crippen MR) is 82.4 cm³/mol. The summed E-state index contributed by atoms with van der Waals surface area (Å²) in [6.07, 6.45) is 5.05. The van der Waals surface area contributed by atoms with Crippen LogP contribution in [0.25, 0.3) is 0 Å². The third kappa shape index (κ3) is 11.7. The molecule has 0 aliphatic carbocycles. The van der Waals surface area contributed by atoms with Gasteiger partial charge in [-0.1, -0.05) is 33.6 Å². The van der Waals surface area contributed by atoms with Crippen LogP contribution in [0, 0.1) is 17.8 Å². The normalized spacial score (nSPS) is 11.9. The van der Waals surface area contributed by atoms with Crippen molar-refractivity contribution in [2.75, 3.05) is 6.61 Å². The first-order valence-corrected chi connectivity index (χ1v) is 7.50. The zero-order valence-electron chi connectivity index (χ0n) is 13.5. The summed E-state index contributed by atoms with van der Waals surface area (Å²) in [5, 5.41) is 0. The molecular formula is C17H26O4. The van der Waals surface area contributed by atoms with Crippen LogP contribution in [-0.2, 0) is 19.1 Å². The molecule has 0 aromatic heterocycles. The lowest BCUT2D eigenvalue weighted by Gasteiger charge is -2.11. The van der Waals surface area contributed by atoms with Crippen molar-refractivity contribution >= 4 is 11.9 Å². The molecule has 0 fully saturated rings. The standard InChI is InChI=1S/C17H26O4/c1-5-7-8-9-10-15(6-2)21-17(19)12-11-16(18)20-13-14(3)4/h11-12,14-15H,5-7,10,13H2,1-4H3/b12-11+. The van der Waals surface area contributed by atoms with Gasteiger partial charge in [-0.15, -0.1) is 5.92 Å². The Morgan fingerprint density at radius 1 is 1.10 bits per heavy atom. The molecule has 0 aliphatic heterocycles. The van der Waals surface area contributed by atoms with Gasteiger partial charge in [-0.2, -0.15) is 0 Å². The molecule has 21 heavy (non-hydrogen) atoms. The number of rotatable bonds is 8. The third-order valence-corrected chi connectivity index (χ3v) is 2.48. The van der Waals surface area contributed by atoms with Gasteiger partial charge in [0.15, 0.2) is 0 Å². The topological polar surface area (TPSA) is 52.6 Å². The summed E-state index contributed by atoms with van der Waals surface area (Å²) in [6, 6.07) is 0.